The smallest absolute Gasteiger partial charge is 0.290 e. The summed E-state index contributed by atoms with van der Waals surface area (Å²) in [6, 6.07) is 10.1. The maximum atomic E-state index is 11.2. The molecule has 110 valence electrons. The molecule has 3 rings (SSSR count). The standard InChI is InChI=1S/C14H15N3O.CH2O2/c18-13-8-11(9-16-13)10-17-7-6-15-14(17)12-4-2-1-3-5-12;2-1-3/h1-7,11H,8-10H2,(H,16,18);1H,(H,2,3). The van der Waals surface area contributed by atoms with Gasteiger partial charge in [-0.25, -0.2) is 4.98 Å². The molecule has 2 N–H and O–H groups in total. The molecule has 1 atom stereocenters. The number of benzene rings is 1. The Kier molecular flexibility index (Phi) is 5.09. The first-order valence-corrected chi connectivity index (χ1v) is 6.65. The Morgan fingerprint density at radius 3 is 2.71 bits per heavy atom. The van der Waals surface area contributed by atoms with E-state index < -0.39 is 0 Å². The van der Waals surface area contributed by atoms with Crippen LogP contribution in [0.4, 0.5) is 0 Å². The summed E-state index contributed by atoms with van der Waals surface area (Å²) in [5.41, 5.74) is 1.11. The van der Waals surface area contributed by atoms with E-state index in [2.05, 4.69) is 27.0 Å². The molecule has 1 aliphatic rings. The van der Waals surface area contributed by atoms with Crippen molar-refractivity contribution in [3.8, 4) is 11.4 Å². The van der Waals surface area contributed by atoms with Crippen LogP contribution in [0.15, 0.2) is 42.7 Å². The molecule has 2 heterocycles. The lowest BCUT2D eigenvalue weighted by Crippen LogP contribution is -2.16. The molecule has 6 nitrogen and oxygen atoms in total. The molecule has 0 bridgehead atoms. The fourth-order valence-corrected chi connectivity index (χ4v) is 2.38. The van der Waals surface area contributed by atoms with Gasteiger partial charge in [0.25, 0.3) is 6.47 Å². The second kappa shape index (κ2) is 7.23. The highest BCUT2D eigenvalue weighted by molar-refractivity contribution is 5.78. The van der Waals surface area contributed by atoms with Gasteiger partial charge in [0.05, 0.1) is 0 Å². The first-order chi connectivity index (χ1) is 10.2. The van der Waals surface area contributed by atoms with E-state index in [4.69, 9.17) is 9.90 Å². The Bertz CT molecular complexity index is 595. The molecule has 1 fully saturated rings. The third-order valence-corrected chi connectivity index (χ3v) is 3.26. The molecule has 2 aromatic rings. The highest BCUT2D eigenvalue weighted by Crippen LogP contribution is 2.20. The molecule has 1 amide bonds. The molecule has 21 heavy (non-hydrogen) atoms. The summed E-state index contributed by atoms with van der Waals surface area (Å²) in [7, 11) is 0. The van der Waals surface area contributed by atoms with Crippen LogP contribution in [0.3, 0.4) is 0 Å². The zero-order valence-corrected chi connectivity index (χ0v) is 11.5. The van der Waals surface area contributed by atoms with Crippen molar-refractivity contribution >= 4 is 12.4 Å². The summed E-state index contributed by atoms with van der Waals surface area (Å²) in [5.74, 6) is 1.49. The zero-order valence-electron chi connectivity index (χ0n) is 11.5. The fourth-order valence-electron chi connectivity index (χ4n) is 2.38. The van der Waals surface area contributed by atoms with Gasteiger partial charge in [0.15, 0.2) is 0 Å². The van der Waals surface area contributed by atoms with E-state index in [-0.39, 0.29) is 12.4 Å². The second-order valence-electron chi connectivity index (χ2n) is 4.75. The number of amides is 1. The highest BCUT2D eigenvalue weighted by atomic mass is 16.3. The third-order valence-electron chi connectivity index (χ3n) is 3.26. The minimum atomic E-state index is -0.250. The molecule has 0 spiro atoms. The van der Waals surface area contributed by atoms with Crippen LogP contribution in [-0.2, 0) is 16.1 Å². The van der Waals surface area contributed by atoms with Crippen LogP contribution in [-0.4, -0.2) is 33.6 Å². The lowest BCUT2D eigenvalue weighted by molar-refractivity contribution is -0.123. The van der Waals surface area contributed by atoms with Crippen LogP contribution >= 0.6 is 0 Å². The molecule has 0 saturated carbocycles. The fraction of sp³-hybridized carbons (Fsp3) is 0.267. The van der Waals surface area contributed by atoms with Gasteiger partial charge < -0.3 is 15.0 Å². The molecule has 1 aliphatic heterocycles. The van der Waals surface area contributed by atoms with Gasteiger partial charge in [0.1, 0.15) is 5.82 Å². The van der Waals surface area contributed by atoms with Gasteiger partial charge in [0, 0.05) is 43.4 Å². The number of aromatic nitrogens is 2. The average Bonchev–Trinajstić information content (AvgIpc) is 3.10. The van der Waals surface area contributed by atoms with Crippen molar-refractivity contribution in [1.82, 2.24) is 14.9 Å². The Morgan fingerprint density at radius 1 is 1.38 bits per heavy atom. The summed E-state index contributed by atoms with van der Waals surface area (Å²) in [6.45, 7) is 1.36. The first kappa shape index (κ1) is 14.8. The average molecular weight is 287 g/mol. The SMILES string of the molecule is O=C1CC(Cn2ccnc2-c2ccccc2)CN1.O=CO. The van der Waals surface area contributed by atoms with Crippen molar-refractivity contribution < 1.29 is 14.7 Å². The van der Waals surface area contributed by atoms with Gasteiger partial charge in [-0.15, -0.1) is 0 Å². The lowest BCUT2D eigenvalue weighted by Gasteiger charge is -2.11. The van der Waals surface area contributed by atoms with Crippen molar-refractivity contribution in [3.05, 3.63) is 42.7 Å². The Morgan fingerprint density at radius 2 is 2.10 bits per heavy atom. The molecular weight excluding hydrogens is 270 g/mol. The zero-order chi connectivity index (χ0) is 15.1. The third kappa shape index (κ3) is 3.92. The monoisotopic (exact) mass is 287 g/mol. The molecule has 6 heteroatoms. The molecule has 1 saturated heterocycles. The van der Waals surface area contributed by atoms with E-state index in [0.29, 0.717) is 12.3 Å². The van der Waals surface area contributed by atoms with Crippen LogP contribution in [0.2, 0.25) is 0 Å². The van der Waals surface area contributed by atoms with Crippen molar-refractivity contribution in [3.63, 3.8) is 0 Å². The van der Waals surface area contributed by atoms with Crippen LogP contribution in [0.1, 0.15) is 6.42 Å². The highest BCUT2D eigenvalue weighted by Gasteiger charge is 2.22. The lowest BCUT2D eigenvalue weighted by atomic mass is 10.1. The summed E-state index contributed by atoms with van der Waals surface area (Å²) in [5, 5.41) is 9.76. The number of carboxylic acid groups (broad SMARTS) is 1. The van der Waals surface area contributed by atoms with Crippen LogP contribution in [0.5, 0.6) is 0 Å². The number of nitrogens with one attached hydrogen (secondary N) is 1. The number of imidazole rings is 1. The second-order valence-corrected chi connectivity index (χ2v) is 4.75. The number of rotatable bonds is 3. The Balaban J connectivity index is 0.000000497. The maximum absolute atomic E-state index is 11.2. The van der Waals surface area contributed by atoms with Gasteiger partial charge in [-0.05, 0) is 0 Å². The van der Waals surface area contributed by atoms with Gasteiger partial charge in [-0.2, -0.15) is 0 Å². The predicted octanol–water partition coefficient (Wildman–Crippen LogP) is 1.39. The first-order valence-electron chi connectivity index (χ1n) is 6.65. The van der Waals surface area contributed by atoms with E-state index in [9.17, 15) is 4.79 Å². The van der Waals surface area contributed by atoms with Crippen LogP contribution in [0, 0.1) is 5.92 Å². The van der Waals surface area contributed by atoms with Crippen molar-refractivity contribution in [1.29, 1.82) is 0 Å². The topological polar surface area (TPSA) is 84.2 Å². The quantitative estimate of drug-likeness (QED) is 0.835. The van der Waals surface area contributed by atoms with Gasteiger partial charge in [-0.1, -0.05) is 30.3 Å². The van der Waals surface area contributed by atoms with E-state index >= 15 is 0 Å². The molecule has 0 radical (unpaired) electrons. The number of carbonyl (C=O) groups excluding carboxylic acids is 1. The number of nitrogens with zero attached hydrogens (tertiary/aromatic N) is 2. The van der Waals surface area contributed by atoms with Crippen molar-refractivity contribution in [2.45, 2.75) is 13.0 Å². The predicted molar refractivity (Wildman–Crippen MR) is 77.5 cm³/mol. The van der Waals surface area contributed by atoms with Gasteiger partial charge >= 0.3 is 0 Å². The minimum Gasteiger partial charge on any atom is -0.483 e. The molecule has 0 aliphatic carbocycles. The van der Waals surface area contributed by atoms with Crippen LogP contribution < -0.4 is 5.32 Å². The van der Waals surface area contributed by atoms with E-state index in [1.165, 1.54) is 0 Å². The molecule has 1 aromatic carbocycles. The number of carbonyl (C=O) groups is 2. The van der Waals surface area contributed by atoms with Gasteiger partial charge in [0.2, 0.25) is 5.91 Å². The normalized spacial score (nSPS) is 16.8. The van der Waals surface area contributed by atoms with Crippen LogP contribution in [0.25, 0.3) is 11.4 Å². The summed E-state index contributed by atoms with van der Waals surface area (Å²) in [6.07, 6.45) is 4.41. The number of hydrogen-bond donors (Lipinski definition) is 2. The van der Waals surface area contributed by atoms with Crippen molar-refractivity contribution in [2.75, 3.05) is 6.54 Å². The largest absolute Gasteiger partial charge is 0.483 e. The van der Waals surface area contributed by atoms with E-state index in [1.807, 2.05) is 30.6 Å². The van der Waals surface area contributed by atoms with Gasteiger partial charge in [-0.3, -0.25) is 9.59 Å². The Hall–Kier alpha value is -2.63. The number of hydrogen-bond acceptors (Lipinski definition) is 3. The summed E-state index contributed by atoms with van der Waals surface area (Å²) in [4.78, 5) is 24.0. The maximum Gasteiger partial charge on any atom is 0.290 e. The molecule has 1 aromatic heterocycles. The molecule has 1 unspecified atom stereocenters. The summed E-state index contributed by atoms with van der Waals surface area (Å²) < 4.78 is 2.13. The van der Waals surface area contributed by atoms with Crippen molar-refractivity contribution in [2.24, 2.45) is 5.92 Å². The van der Waals surface area contributed by atoms with E-state index in [1.54, 1.807) is 0 Å². The Labute approximate surface area is 122 Å². The minimum absolute atomic E-state index is 0.154. The van der Waals surface area contributed by atoms with E-state index in [0.717, 1.165) is 24.5 Å². The summed E-state index contributed by atoms with van der Waals surface area (Å²) >= 11 is 0. The molecular formula is C15H17N3O3.